The number of alkyl halides is 1. The van der Waals surface area contributed by atoms with Crippen LogP contribution in [0.15, 0.2) is 18.2 Å². The third-order valence-electron chi connectivity index (χ3n) is 2.54. The van der Waals surface area contributed by atoms with Crippen LogP contribution in [0.3, 0.4) is 0 Å². The lowest BCUT2D eigenvalue weighted by Crippen LogP contribution is -2.28. The Morgan fingerprint density at radius 1 is 1.38 bits per heavy atom. The van der Waals surface area contributed by atoms with Crippen molar-refractivity contribution in [2.75, 3.05) is 5.88 Å². The van der Waals surface area contributed by atoms with E-state index in [4.69, 9.17) is 11.6 Å². The molecule has 0 amide bonds. The highest BCUT2D eigenvalue weighted by molar-refractivity contribution is 6.17. The standard InChI is InChI=1S/C12H16ClF2N/c1-2-11(5-6-13)16-8-9-7-10(14)3-4-12(9)15/h3-4,7,11,16H,2,5-6,8H2,1H3. The molecule has 16 heavy (non-hydrogen) atoms. The van der Waals surface area contributed by atoms with Gasteiger partial charge in [-0.1, -0.05) is 6.92 Å². The molecule has 0 saturated heterocycles. The quantitative estimate of drug-likeness (QED) is 0.759. The van der Waals surface area contributed by atoms with Crippen LogP contribution < -0.4 is 5.32 Å². The fourth-order valence-electron chi connectivity index (χ4n) is 1.52. The molecule has 1 rings (SSSR count). The van der Waals surface area contributed by atoms with Crippen molar-refractivity contribution < 1.29 is 8.78 Å². The van der Waals surface area contributed by atoms with Crippen molar-refractivity contribution >= 4 is 11.6 Å². The molecule has 0 aromatic heterocycles. The van der Waals surface area contributed by atoms with Crippen LogP contribution in [0.5, 0.6) is 0 Å². The normalized spacial score (nSPS) is 12.8. The van der Waals surface area contributed by atoms with Gasteiger partial charge in [0, 0.05) is 24.0 Å². The van der Waals surface area contributed by atoms with Gasteiger partial charge in [0.1, 0.15) is 11.6 Å². The second-order valence-electron chi connectivity index (χ2n) is 3.70. The van der Waals surface area contributed by atoms with Crippen LogP contribution >= 0.6 is 11.6 Å². The molecular weight excluding hydrogens is 232 g/mol. The average molecular weight is 248 g/mol. The van der Waals surface area contributed by atoms with Gasteiger partial charge in [0.15, 0.2) is 0 Å². The lowest BCUT2D eigenvalue weighted by molar-refractivity contribution is 0.474. The summed E-state index contributed by atoms with van der Waals surface area (Å²) in [6, 6.07) is 3.74. The van der Waals surface area contributed by atoms with Crippen molar-refractivity contribution in [3.8, 4) is 0 Å². The Labute approximate surface area is 99.8 Å². The van der Waals surface area contributed by atoms with Crippen molar-refractivity contribution in [3.63, 3.8) is 0 Å². The highest BCUT2D eigenvalue weighted by Gasteiger charge is 2.08. The zero-order chi connectivity index (χ0) is 12.0. The lowest BCUT2D eigenvalue weighted by Gasteiger charge is -2.15. The molecule has 1 atom stereocenters. The molecule has 1 aromatic rings. The SMILES string of the molecule is CCC(CCCl)NCc1cc(F)ccc1F. The minimum Gasteiger partial charge on any atom is -0.310 e. The summed E-state index contributed by atoms with van der Waals surface area (Å²) >= 11 is 5.64. The topological polar surface area (TPSA) is 12.0 Å². The predicted octanol–water partition coefficient (Wildman–Crippen LogP) is 3.46. The molecule has 0 spiro atoms. The third kappa shape index (κ3) is 4.06. The van der Waals surface area contributed by atoms with Crippen LogP contribution in [0, 0.1) is 11.6 Å². The summed E-state index contributed by atoms with van der Waals surface area (Å²) in [5.74, 6) is -0.227. The van der Waals surface area contributed by atoms with E-state index in [2.05, 4.69) is 5.32 Å². The van der Waals surface area contributed by atoms with Gasteiger partial charge in [-0.15, -0.1) is 11.6 Å². The first-order chi connectivity index (χ1) is 7.67. The fourth-order valence-corrected chi connectivity index (χ4v) is 1.78. The van der Waals surface area contributed by atoms with Crippen molar-refractivity contribution in [1.82, 2.24) is 5.32 Å². The van der Waals surface area contributed by atoms with Crippen molar-refractivity contribution in [3.05, 3.63) is 35.4 Å². The lowest BCUT2D eigenvalue weighted by atomic mass is 10.1. The molecule has 1 aromatic carbocycles. The van der Waals surface area contributed by atoms with Gasteiger partial charge in [0.25, 0.3) is 0 Å². The van der Waals surface area contributed by atoms with Gasteiger partial charge in [0.05, 0.1) is 0 Å². The van der Waals surface area contributed by atoms with Gasteiger partial charge in [-0.3, -0.25) is 0 Å². The summed E-state index contributed by atoms with van der Waals surface area (Å²) < 4.78 is 26.2. The summed E-state index contributed by atoms with van der Waals surface area (Å²) in [6.45, 7) is 2.37. The largest absolute Gasteiger partial charge is 0.310 e. The third-order valence-corrected chi connectivity index (χ3v) is 2.76. The average Bonchev–Trinajstić information content (AvgIpc) is 2.28. The van der Waals surface area contributed by atoms with Gasteiger partial charge >= 0.3 is 0 Å². The second kappa shape index (κ2) is 6.81. The van der Waals surface area contributed by atoms with Crippen molar-refractivity contribution in [1.29, 1.82) is 0 Å². The van der Waals surface area contributed by atoms with Gasteiger partial charge in [-0.05, 0) is 31.0 Å². The maximum Gasteiger partial charge on any atom is 0.127 e. The van der Waals surface area contributed by atoms with Crippen molar-refractivity contribution in [2.45, 2.75) is 32.4 Å². The van der Waals surface area contributed by atoms with E-state index in [0.717, 1.165) is 25.0 Å². The van der Waals surface area contributed by atoms with E-state index in [-0.39, 0.29) is 11.9 Å². The molecule has 1 N–H and O–H groups in total. The van der Waals surface area contributed by atoms with E-state index < -0.39 is 5.82 Å². The second-order valence-corrected chi connectivity index (χ2v) is 4.08. The van der Waals surface area contributed by atoms with Gasteiger partial charge in [-0.2, -0.15) is 0 Å². The molecule has 0 saturated carbocycles. The molecule has 4 heteroatoms. The molecule has 90 valence electrons. The number of rotatable bonds is 6. The Balaban J connectivity index is 2.55. The highest BCUT2D eigenvalue weighted by Crippen LogP contribution is 2.10. The maximum absolute atomic E-state index is 13.3. The van der Waals surface area contributed by atoms with Crippen LogP contribution in [-0.2, 0) is 6.54 Å². The van der Waals surface area contributed by atoms with Crippen LogP contribution in [0.1, 0.15) is 25.3 Å². The van der Waals surface area contributed by atoms with Gasteiger partial charge in [-0.25, -0.2) is 8.78 Å². The number of hydrogen-bond donors (Lipinski definition) is 1. The Morgan fingerprint density at radius 3 is 2.75 bits per heavy atom. The van der Waals surface area contributed by atoms with E-state index in [0.29, 0.717) is 18.0 Å². The summed E-state index contributed by atoms with van der Waals surface area (Å²) in [7, 11) is 0. The predicted molar refractivity (Wildman–Crippen MR) is 62.6 cm³/mol. The first-order valence-corrected chi connectivity index (χ1v) is 5.94. The smallest absolute Gasteiger partial charge is 0.127 e. The molecule has 1 nitrogen and oxygen atoms in total. The Morgan fingerprint density at radius 2 is 2.12 bits per heavy atom. The monoisotopic (exact) mass is 247 g/mol. The van der Waals surface area contributed by atoms with E-state index >= 15 is 0 Å². The van der Waals surface area contributed by atoms with Crippen LogP contribution in [-0.4, -0.2) is 11.9 Å². The zero-order valence-corrected chi connectivity index (χ0v) is 10.0. The molecule has 0 heterocycles. The summed E-state index contributed by atoms with van der Waals surface area (Å²) in [4.78, 5) is 0. The Kier molecular flexibility index (Phi) is 5.71. The minimum absolute atomic E-state index is 0.250. The number of hydrogen-bond acceptors (Lipinski definition) is 1. The molecule has 0 radical (unpaired) electrons. The molecule has 0 aliphatic rings. The van der Waals surface area contributed by atoms with Gasteiger partial charge in [0.2, 0.25) is 0 Å². The Bertz CT molecular complexity index is 331. The molecule has 0 aliphatic carbocycles. The number of nitrogens with one attached hydrogen (secondary N) is 1. The molecule has 1 unspecified atom stereocenters. The molecule has 0 fully saturated rings. The first kappa shape index (κ1) is 13.4. The zero-order valence-electron chi connectivity index (χ0n) is 9.27. The van der Waals surface area contributed by atoms with E-state index in [9.17, 15) is 8.78 Å². The van der Waals surface area contributed by atoms with E-state index in [1.807, 2.05) is 6.92 Å². The number of halogens is 3. The van der Waals surface area contributed by atoms with Crippen LogP contribution in [0.4, 0.5) is 8.78 Å². The molecular formula is C12H16ClF2N. The van der Waals surface area contributed by atoms with Crippen LogP contribution in [0.2, 0.25) is 0 Å². The van der Waals surface area contributed by atoms with Crippen molar-refractivity contribution in [2.24, 2.45) is 0 Å². The summed E-state index contributed by atoms with van der Waals surface area (Å²) in [5, 5.41) is 3.16. The maximum atomic E-state index is 13.3. The van der Waals surface area contributed by atoms with E-state index in [1.54, 1.807) is 0 Å². The van der Waals surface area contributed by atoms with E-state index in [1.165, 1.54) is 6.07 Å². The Hall–Kier alpha value is -0.670. The summed E-state index contributed by atoms with van der Waals surface area (Å²) in [6.07, 6.45) is 1.75. The molecule has 0 aliphatic heterocycles. The van der Waals surface area contributed by atoms with Gasteiger partial charge < -0.3 is 5.32 Å². The highest BCUT2D eigenvalue weighted by atomic mass is 35.5. The first-order valence-electron chi connectivity index (χ1n) is 5.40. The molecule has 0 bridgehead atoms. The van der Waals surface area contributed by atoms with Crippen LogP contribution in [0.25, 0.3) is 0 Å². The number of benzene rings is 1. The minimum atomic E-state index is -0.413. The summed E-state index contributed by atoms with van der Waals surface area (Å²) in [5.41, 5.74) is 0.355. The fraction of sp³-hybridized carbons (Fsp3) is 0.500.